The van der Waals surface area contributed by atoms with Crippen molar-refractivity contribution in [3.63, 3.8) is 0 Å². The number of benzene rings is 1. The van der Waals surface area contributed by atoms with Gasteiger partial charge in [0, 0.05) is 10.4 Å². The summed E-state index contributed by atoms with van der Waals surface area (Å²) in [4.78, 5) is 1.19. The Morgan fingerprint density at radius 2 is 1.89 bits per heavy atom. The minimum absolute atomic E-state index is 0.516. The molecule has 2 nitrogen and oxygen atoms in total. The molecule has 1 aromatic heterocycles. The van der Waals surface area contributed by atoms with Crippen LogP contribution >= 0.6 is 11.3 Å². The Morgan fingerprint density at radius 3 is 2.37 bits per heavy atom. The zero-order valence-electron chi connectivity index (χ0n) is 11.5. The molecule has 0 fully saturated rings. The first-order valence-electron chi connectivity index (χ1n) is 6.50. The molecule has 1 aromatic carbocycles. The molecule has 19 heavy (non-hydrogen) atoms. The number of nitrogens with two attached hydrogens (primary N) is 1. The highest BCUT2D eigenvalue weighted by molar-refractivity contribution is 7.16. The maximum Gasteiger partial charge on any atom is 0.105 e. The second kappa shape index (κ2) is 5.46. The van der Waals surface area contributed by atoms with Gasteiger partial charge in [0.1, 0.15) is 11.1 Å². The molecule has 3 heteroatoms. The molecule has 98 valence electrons. The maximum atomic E-state index is 9.29. The maximum absolute atomic E-state index is 9.29. The Hall–Kier alpha value is -1.79. The van der Waals surface area contributed by atoms with Gasteiger partial charge in [-0.25, -0.2) is 0 Å². The van der Waals surface area contributed by atoms with Crippen LogP contribution < -0.4 is 5.73 Å². The monoisotopic (exact) mass is 270 g/mol. The average Bonchev–Trinajstić information content (AvgIpc) is 2.74. The third-order valence-corrected chi connectivity index (χ3v) is 4.47. The summed E-state index contributed by atoms with van der Waals surface area (Å²) in [6.07, 6.45) is 0.901. The number of thiophene rings is 1. The summed E-state index contributed by atoms with van der Waals surface area (Å²) < 4.78 is 0. The van der Waals surface area contributed by atoms with Crippen LogP contribution in [0, 0.1) is 11.3 Å². The van der Waals surface area contributed by atoms with E-state index in [1.807, 2.05) is 0 Å². The predicted octanol–water partition coefficient (Wildman–Crippen LogP) is 4.55. The van der Waals surface area contributed by atoms with Crippen LogP contribution in [0.15, 0.2) is 24.3 Å². The van der Waals surface area contributed by atoms with E-state index in [4.69, 9.17) is 5.73 Å². The molecule has 0 atom stereocenters. The summed E-state index contributed by atoms with van der Waals surface area (Å²) in [5, 5.41) is 9.92. The third-order valence-electron chi connectivity index (χ3n) is 3.31. The van der Waals surface area contributed by atoms with Gasteiger partial charge < -0.3 is 5.73 Å². The highest BCUT2D eigenvalue weighted by Crippen LogP contribution is 2.38. The van der Waals surface area contributed by atoms with Crippen molar-refractivity contribution in [2.45, 2.75) is 33.1 Å². The molecule has 0 unspecified atom stereocenters. The second-order valence-electron chi connectivity index (χ2n) is 4.88. The van der Waals surface area contributed by atoms with Gasteiger partial charge in [-0.1, -0.05) is 45.0 Å². The van der Waals surface area contributed by atoms with Crippen molar-refractivity contribution in [2.24, 2.45) is 0 Å². The highest BCUT2D eigenvalue weighted by atomic mass is 32.1. The molecule has 0 bridgehead atoms. The average molecular weight is 270 g/mol. The molecule has 0 aliphatic heterocycles. The molecular weight excluding hydrogens is 252 g/mol. The number of nitrogens with zero attached hydrogens (tertiary/aromatic N) is 1. The van der Waals surface area contributed by atoms with E-state index in [0.717, 1.165) is 17.5 Å². The van der Waals surface area contributed by atoms with E-state index < -0.39 is 0 Å². The van der Waals surface area contributed by atoms with Crippen molar-refractivity contribution >= 4 is 16.3 Å². The molecule has 0 saturated carbocycles. The second-order valence-corrected chi connectivity index (χ2v) is 6.02. The van der Waals surface area contributed by atoms with Crippen LogP contribution in [0.4, 0.5) is 5.00 Å². The Balaban J connectivity index is 2.55. The number of aryl methyl sites for hydroxylation is 1. The van der Waals surface area contributed by atoms with Crippen molar-refractivity contribution < 1.29 is 0 Å². The van der Waals surface area contributed by atoms with E-state index in [0.29, 0.717) is 16.5 Å². The number of hydrogen-bond donors (Lipinski definition) is 1. The van der Waals surface area contributed by atoms with E-state index in [2.05, 4.69) is 51.1 Å². The first-order chi connectivity index (χ1) is 9.08. The minimum atomic E-state index is 0.516. The first kappa shape index (κ1) is 13.6. The van der Waals surface area contributed by atoms with Crippen molar-refractivity contribution in [1.82, 2.24) is 0 Å². The van der Waals surface area contributed by atoms with Gasteiger partial charge >= 0.3 is 0 Å². The van der Waals surface area contributed by atoms with Crippen LogP contribution in [-0.4, -0.2) is 0 Å². The van der Waals surface area contributed by atoms with E-state index in [1.54, 1.807) is 0 Å². The molecule has 0 aliphatic rings. The molecule has 2 rings (SSSR count). The van der Waals surface area contributed by atoms with Gasteiger partial charge in [0.2, 0.25) is 0 Å². The van der Waals surface area contributed by atoms with Crippen molar-refractivity contribution in [2.75, 3.05) is 5.73 Å². The van der Waals surface area contributed by atoms with E-state index in [1.165, 1.54) is 21.8 Å². The van der Waals surface area contributed by atoms with Crippen LogP contribution in [0.5, 0.6) is 0 Å². The summed E-state index contributed by atoms with van der Waals surface area (Å²) in [5.74, 6) is 0.516. The Kier molecular flexibility index (Phi) is 3.92. The quantitative estimate of drug-likeness (QED) is 0.889. The van der Waals surface area contributed by atoms with E-state index >= 15 is 0 Å². The van der Waals surface area contributed by atoms with Crippen molar-refractivity contribution in [3.05, 3.63) is 40.3 Å². The summed E-state index contributed by atoms with van der Waals surface area (Å²) >= 11 is 1.53. The lowest BCUT2D eigenvalue weighted by atomic mass is 9.96. The number of anilines is 1. The lowest BCUT2D eigenvalue weighted by molar-refractivity contribution is 0.867. The lowest BCUT2D eigenvalue weighted by Gasteiger charge is -2.08. The summed E-state index contributed by atoms with van der Waals surface area (Å²) in [5.41, 5.74) is 9.98. The smallest absolute Gasteiger partial charge is 0.105 e. The summed E-state index contributed by atoms with van der Waals surface area (Å²) in [6, 6.07) is 10.7. The fraction of sp³-hybridized carbons (Fsp3) is 0.312. The number of nitrogen functional groups attached to an aromatic ring is 1. The number of hydrogen-bond acceptors (Lipinski definition) is 3. The zero-order chi connectivity index (χ0) is 14.0. The molecule has 0 saturated heterocycles. The lowest BCUT2D eigenvalue weighted by Crippen LogP contribution is -1.90. The fourth-order valence-corrected chi connectivity index (χ4v) is 3.18. The van der Waals surface area contributed by atoms with Gasteiger partial charge in [-0.05, 0) is 23.5 Å². The molecule has 0 radical (unpaired) electrons. The molecule has 0 spiro atoms. The van der Waals surface area contributed by atoms with Gasteiger partial charge in [-0.15, -0.1) is 11.3 Å². The van der Waals surface area contributed by atoms with Crippen LogP contribution in [-0.2, 0) is 6.42 Å². The van der Waals surface area contributed by atoms with Gasteiger partial charge in [0.15, 0.2) is 0 Å². The number of nitriles is 1. The molecular formula is C16H18N2S. The largest absolute Gasteiger partial charge is 0.389 e. The first-order valence-corrected chi connectivity index (χ1v) is 7.31. The van der Waals surface area contributed by atoms with Crippen molar-refractivity contribution in [3.8, 4) is 17.2 Å². The summed E-state index contributed by atoms with van der Waals surface area (Å²) in [6.45, 7) is 6.45. The Labute approximate surface area is 118 Å². The zero-order valence-corrected chi connectivity index (χ0v) is 12.3. The van der Waals surface area contributed by atoms with Crippen LogP contribution in [0.1, 0.15) is 42.7 Å². The van der Waals surface area contributed by atoms with Crippen LogP contribution in [0.2, 0.25) is 0 Å². The molecule has 1 heterocycles. The Bertz CT molecular complexity index is 615. The van der Waals surface area contributed by atoms with Gasteiger partial charge in [0.05, 0.1) is 5.56 Å². The van der Waals surface area contributed by atoms with E-state index in [9.17, 15) is 5.26 Å². The highest BCUT2D eigenvalue weighted by Gasteiger charge is 2.16. The SMILES string of the molecule is CCc1sc(N)c(C#N)c1-c1ccc(C(C)C)cc1. The standard InChI is InChI=1S/C16H18N2S/c1-4-14-15(13(9-17)16(18)19-14)12-7-5-11(6-8-12)10(2)3/h5-8,10H,4,18H2,1-3H3. The third kappa shape index (κ3) is 2.50. The van der Waals surface area contributed by atoms with Crippen LogP contribution in [0.25, 0.3) is 11.1 Å². The molecule has 2 aromatic rings. The topological polar surface area (TPSA) is 49.8 Å². The van der Waals surface area contributed by atoms with Gasteiger partial charge in [-0.2, -0.15) is 5.26 Å². The fourth-order valence-electron chi connectivity index (χ4n) is 2.20. The molecule has 0 aliphatic carbocycles. The van der Waals surface area contributed by atoms with Gasteiger partial charge in [0.25, 0.3) is 0 Å². The van der Waals surface area contributed by atoms with Crippen LogP contribution in [0.3, 0.4) is 0 Å². The molecule has 0 amide bonds. The minimum Gasteiger partial charge on any atom is -0.389 e. The van der Waals surface area contributed by atoms with Crippen molar-refractivity contribution in [1.29, 1.82) is 5.26 Å². The normalized spacial score (nSPS) is 10.7. The van der Waals surface area contributed by atoms with E-state index in [-0.39, 0.29) is 0 Å². The predicted molar refractivity (Wildman–Crippen MR) is 82.3 cm³/mol. The Morgan fingerprint density at radius 1 is 1.26 bits per heavy atom. The summed E-state index contributed by atoms with van der Waals surface area (Å²) in [7, 11) is 0. The molecule has 2 N–H and O–H groups in total. The van der Waals surface area contributed by atoms with Gasteiger partial charge in [-0.3, -0.25) is 0 Å². The number of rotatable bonds is 3.